The quantitative estimate of drug-likeness (QED) is 0.653. The van der Waals surface area contributed by atoms with Crippen molar-refractivity contribution < 1.29 is 0 Å². The van der Waals surface area contributed by atoms with Gasteiger partial charge in [-0.1, -0.05) is 6.07 Å². The van der Waals surface area contributed by atoms with Crippen LogP contribution in [-0.4, -0.2) is 18.9 Å². The molecular weight excluding hydrogens is 216 g/mol. The van der Waals surface area contributed by atoms with E-state index in [1.54, 1.807) is 12.3 Å². The highest BCUT2D eigenvalue weighted by Gasteiger charge is 2.02. The molecular formula is C12H10N4O. The molecule has 17 heavy (non-hydrogen) atoms. The Kier molecular flexibility index (Phi) is 2.22. The summed E-state index contributed by atoms with van der Waals surface area (Å²) in [5, 5.41) is 0. The Labute approximate surface area is 97.0 Å². The Bertz CT molecular complexity index is 680. The van der Waals surface area contributed by atoms with Crippen LogP contribution in [0.4, 0.5) is 0 Å². The molecule has 0 saturated heterocycles. The van der Waals surface area contributed by atoms with Crippen LogP contribution in [0, 0.1) is 0 Å². The monoisotopic (exact) mass is 226 g/mol. The Morgan fingerprint density at radius 2 is 2.12 bits per heavy atom. The average Bonchev–Trinajstić information content (AvgIpc) is 2.74. The topological polar surface area (TPSA) is 52.2 Å². The van der Waals surface area contributed by atoms with Crippen LogP contribution in [0.5, 0.6) is 0 Å². The minimum absolute atomic E-state index is 0.260. The lowest BCUT2D eigenvalue weighted by atomic mass is 10.4. The lowest BCUT2D eigenvalue weighted by molar-refractivity contribution is 0.714. The predicted octanol–water partition coefficient (Wildman–Crippen LogP) is 0.939. The third-order valence-corrected chi connectivity index (χ3v) is 2.53. The molecule has 84 valence electrons. The van der Waals surface area contributed by atoms with Gasteiger partial charge >= 0.3 is 5.69 Å². The zero-order chi connectivity index (χ0) is 11.7. The molecule has 0 radical (unpaired) electrons. The van der Waals surface area contributed by atoms with Gasteiger partial charge in [0.15, 0.2) is 0 Å². The van der Waals surface area contributed by atoms with Crippen molar-refractivity contribution in [3.8, 4) is 0 Å². The summed E-state index contributed by atoms with van der Waals surface area (Å²) >= 11 is 0. The first-order valence-corrected chi connectivity index (χ1v) is 5.27. The zero-order valence-corrected chi connectivity index (χ0v) is 9.02. The maximum atomic E-state index is 11.5. The number of aromatic nitrogens is 4. The van der Waals surface area contributed by atoms with Crippen LogP contribution in [-0.2, 0) is 6.54 Å². The van der Waals surface area contributed by atoms with Crippen molar-refractivity contribution in [1.82, 2.24) is 18.9 Å². The second-order valence-electron chi connectivity index (χ2n) is 3.73. The normalized spacial score (nSPS) is 10.8. The summed E-state index contributed by atoms with van der Waals surface area (Å²) < 4.78 is 3.46. The molecule has 0 amide bonds. The maximum Gasteiger partial charge on any atom is 0.347 e. The number of rotatable bonds is 2. The molecule has 0 unspecified atom stereocenters. The van der Waals surface area contributed by atoms with Gasteiger partial charge in [0.1, 0.15) is 5.65 Å². The van der Waals surface area contributed by atoms with Crippen molar-refractivity contribution in [2.75, 3.05) is 0 Å². The standard InChI is InChI=1S/C12H10N4O/c17-12-13-5-3-7-16(12)9-10-8-15-6-2-1-4-11(15)14-10/h1-8H,9H2. The molecule has 3 heterocycles. The lowest BCUT2D eigenvalue weighted by Gasteiger charge is -1.99. The van der Waals surface area contributed by atoms with E-state index in [1.165, 1.54) is 10.8 Å². The molecule has 0 atom stereocenters. The number of nitrogens with zero attached hydrogens (tertiary/aromatic N) is 4. The fourth-order valence-corrected chi connectivity index (χ4v) is 1.75. The summed E-state index contributed by atoms with van der Waals surface area (Å²) in [5.41, 5.74) is 1.45. The molecule has 3 aromatic rings. The van der Waals surface area contributed by atoms with Crippen molar-refractivity contribution in [1.29, 1.82) is 0 Å². The van der Waals surface area contributed by atoms with Gasteiger partial charge < -0.3 is 4.40 Å². The van der Waals surface area contributed by atoms with Gasteiger partial charge in [-0.05, 0) is 18.2 Å². The van der Waals surface area contributed by atoms with Gasteiger partial charge in [0.25, 0.3) is 0 Å². The van der Waals surface area contributed by atoms with E-state index in [9.17, 15) is 4.79 Å². The van der Waals surface area contributed by atoms with Gasteiger partial charge in [-0.15, -0.1) is 0 Å². The minimum atomic E-state index is -0.260. The number of pyridine rings is 1. The fraction of sp³-hybridized carbons (Fsp3) is 0.0833. The summed E-state index contributed by atoms with van der Waals surface area (Å²) in [6.07, 6.45) is 7.04. The van der Waals surface area contributed by atoms with Gasteiger partial charge in [-0.2, -0.15) is 0 Å². The Morgan fingerprint density at radius 3 is 2.94 bits per heavy atom. The zero-order valence-electron chi connectivity index (χ0n) is 9.02. The van der Waals surface area contributed by atoms with Crippen LogP contribution >= 0.6 is 0 Å². The first-order chi connectivity index (χ1) is 8.33. The van der Waals surface area contributed by atoms with Crippen LogP contribution in [0.2, 0.25) is 0 Å². The number of imidazole rings is 1. The summed E-state index contributed by atoms with van der Waals surface area (Å²) in [6, 6.07) is 7.53. The number of hydrogen-bond donors (Lipinski definition) is 0. The first-order valence-electron chi connectivity index (χ1n) is 5.27. The molecule has 0 aliphatic rings. The maximum absolute atomic E-state index is 11.5. The third-order valence-electron chi connectivity index (χ3n) is 2.53. The van der Waals surface area contributed by atoms with E-state index >= 15 is 0 Å². The third kappa shape index (κ3) is 1.82. The second-order valence-corrected chi connectivity index (χ2v) is 3.73. The van der Waals surface area contributed by atoms with Crippen molar-refractivity contribution in [3.63, 3.8) is 0 Å². The summed E-state index contributed by atoms with van der Waals surface area (Å²) in [5.74, 6) is 0. The molecule has 0 bridgehead atoms. The molecule has 0 saturated carbocycles. The Morgan fingerprint density at radius 1 is 1.18 bits per heavy atom. The molecule has 5 nitrogen and oxygen atoms in total. The van der Waals surface area contributed by atoms with Crippen molar-refractivity contribution >= 4 is 5.65 Å². The van der Waals surface area contributed by atoms with Crippen LogP contribution in [0.1, 0.15) is 5.69 Å². The molecule has 0 aromatic carbocycles. The van der Waals surface area contributed by atoms with Crippen LogP contribution in [0.15, 0.2) is 53.8 Å². The highest BCUT2D eigenvalue weighted by molar-refractivity contribution is 5.39. The van der Waals surface area contributed by atoms with Crippen LogP contribution < -0.4 is 5.69 Å². The fourth-order valence-electron chi connectivity index (χ4n) is 1.75. The van der Waals surface area contributed by atoms with Gasteiger partial charge in [0.2, 0.25) is 0 Å². The summed E-state index contributed by atoms with van der Waals surface area (Å²) in [7, 11) is 0. The molecule has 5 heteroatoms. The van der Waals surface area contributed by atoms with Gasteiger partial charge in [0, 0.05) is 24.8 Å². The average molecular weight is 226 g/mol. The van der Waals surface area contributed by atoms with E-state index in [-0.39, 0.29) is 5.69 Å². The van der Waals surface area contributed by atoms with E-state index in [0.29, 0.717) is 6.54 Å². The van der Waals surface area contributed by atoms with E-state index in [2.05, 4.69) is 9.97 Å². The minimum Gasteiger partial charge on any atom is -0.307 e. The molecule has 0 aliphatic heterocycles. The highest BCUT2D eigenvalue weighted by Crippen LogP contribution is 2.05. The summed E-state index contributed by atoms with van der Waals surface area (Å²) in [4.78, 5) is 19.6. The Hall–Kier alpha value is -2.43. The predicted molar refractivity (Wildman–Crippen MR) is 62.8 cm³/mol. The van der Waals surface area contributed by atoms with E-state index in [0.717, 1.165) is 11.3 Å². The first kappa shape index (κ1) is 9.77. The van der Waals surface area contributed by atoms with Crippen molar-refractivity contribution in [2.24, 2.45) is 0 Å². The van der Waals surface area contributed by atoms with E-state index in [4.69, 9.17) is 0 Å². The van der Waals surface area contributed by atoms with Crippen molar-refractivity contribution in [3.05, 3.63) is 65.2 Å². The largest absolute Gasteiger partial charge is 0.347 e. The molecule has 0 spiro atoms. The van der Waals surface area contributed by atoms with Gasteiger partial charge in [-0.3, -0.25) is 4.57 Å². The smallest absolute Gasteiger partial charge is 0.307 e. The lowest BCUT2D eigenvalue weighted by Crippen LogP contribution is -2.21. The van der Waals surface area contributed by atoms with Gasteiger partial charge in [-0.25, -0.2) is 14.8 Å². The number of hydrogen-bond acceptors (Lipinski definition) is 3. The van der Waals surface area contributed by atoms with E-state index < -0.39 is 0 Å². The molecule has 0 N–H and O–H groups in total. The summed E-state index contributed by atoms with van der Waals surface area (Å²) in [6.45, 7) is 0.439. The van der Waals surface area contributed by atoms with Crippen molar-refractivity contribution in [2.45, 2.75) is 6.54 Å². The molecule has 0 aliphatic carbocycles. The molecule has 0 fully saturated rings. The highest BCUT2D eigenvalue weighted by atomic mass is 16.1. The Balaban J connectivity index is 2.00. The number of fused-ring (bicyclic) bond motifs is 1. The van der Waals surface area contributed by atoms with Crippen LogP contribution in [0.3, 0.4) is 0 Å². The molecule has 3 rings (SSSR count). The van der Waals surface area contributed by atoms with Crippen LogP contribution in [0.25, 0.3) is 5.65 Å². The second kappa shape index (κ2) is 3.86. The molecule has 3 aromatic heterocycles. The SMILES string of the molecule is O=c1ncccn1Cc1cn2ccccc2n1. The van der Waals surface area contributed by atoms with E-state index in [1.807, 2.05) is 35.0 Å². The van der Waals surface area contributed by atoms with Gasteiger partial charge in [0.05, 0.1) is 12.2 Å².